The van der Waals surface area contributed by atoms with Gasteiger partial charge in [-0.3, -0.25) is 4.79 Å². The van der Waals surface area contributed by atoms with Crippen LogP contribution in [0.4, 0.5) is 0 Å². The normalized spacial score (nSPS) is 23.4. The molecule has 0 spiro atoms. The van der Waals surface area contributed by atoms with E-state index in [1.54, 1.807) is 0 Å². The van der Waals surface area contributed by atoms with Gasteiger partial charge >= 0.3 is 0 Å². The molecule has 2 aliphatic rings. The number of likely N-dealkylation sites (tertiary alicyclic amines) is 1. The van der Waals surface area contributed by atoms with E-state index in [1.165, 1.54) is 17.5 Å². The van der Waals surface area contributed by atoms with Gasteiger partial charge in [-0.2, -0.15) is 0 Å². The largest absolute Gasteiger partial charge is 0.393 e. The van der Waals surface area contributed by atoms with Gasteiger partial charge in [0.05, 0.1) is 6.10 Å². The summed E-state index contributed by atoms with van der Waals surface area (Å²) in [5.74, 6) is 0.651. The van der Waals surface area contributed by atoms with Crippen molar-refractivity contribution in [3.63, 3.8) is 0 Å². The number of aliphatic hydroxyl groups is 1. The van der Waals surface area contributed by atoms with E-state index in [0.29, 0.717) is 25.4 Å². The molecule has 1 saturated heterocycles. The van der Waals surface area contributed by atoms with Crippen LogP contribution in [0.3, 0.4) is 0 Å². The number of nitrogens with zero attached hydrogens (tertiary/aromatic N) is 1. The predicted octanol–water partition coefficient (Wildman–Crippen LogP) is 2.48. The van der Waals surface area contributed by atoms with E-state index in [2.05, 4.69) is 24.3 Å². The third-order valence-electron chi connectivity index (χ3n) is 4.73. The van der Waals surface area contributed by atoms with E-state index >= 15 is 0 Å². The van der Waals surface area contributed by atoms with E-state index in [4.69, 9.17) is 0 Å². The van der Waals surface area contributed by atoms with Crippen molar-refractivity contribution in [3.8, 4) is 0 Å². The molecule has 108 valence electrons. The van der Waals surface area contributed by atoms with Gasteiger partial charge in [-0.1, -0.05) is 24.3 Å². The number of hydrogen-bond donors (Lipinski definition) is 1. The minimum Gasteiger partial charge on any atom is -0.393 e. The Balaban J connectivity index is 1.65. The van der Waals surface area contributed by atoms with Crippen molar-refractivity contribution in [2.45, 2.75) is 50.5 Å². The van der Waals surface area contributed by atoms with Crippen LogP contribution in [0.15, 0.2) is 24.3 Å². The van der Waals surface area contributed by atoms with Crippen LogP contribution in [0.25, 0.3) is 0 Å². The Morgan fingerprint density at radius 3 is 2.75 bits per heavy atom. The molecular weight excluding hydrogens is 250 g/mol. The monoisotopic (exact) mass is 273 g/mol. The maximum atomic E-state index is 12.4. The van der Waals surface area contributed by atoms with Gasteiger partial charge < -0.3 is 10.0 Å². The number of benzene rings is 1. The lowest BCUT2D eigenvalue weighted by atomic mass is 9.81. The summed E-state index contributed by atoms with van der Waals surface area (Å²) >= 11 is 0. The van der Waals surface area contributed by atoms with Gasteiger partial charge in [0.15, 0.2) is 0 Å². The number of carbonyl (C=O) groups is 1. The molecule has 3 nitrogen and oxygen atoms in total. The van der Waals surface area contributed by atoms with E-state index < -0.39 is 0 Å². The van der Waals surface area contributed by atoms with Crippen molar-refractivity contribution in [1.29, 1.82) is 0 Å². The molecule has 1 aromatic carbocycles. The number of aliphatic hydroxyl groups excluding tert-OH is 1. The summed E-state index contributed by atoms with van der Waals surface area (Å²) in [5, 5.41) is 9.52. The quantitative estimate of drug-likeness (QED) is 0.899. The number of amides is 1. The van der Waals surface area contributed by atoms with Crippen LogP contribution >= 0.6 is 0 Å². The fraction of sp³-hybridized carbons (Fsp3) is 0.588. The van der Waals surface area contributed by atoms with Crippen LogP contribution in [0.5, 0.6) is 0 Å². The molecule has 1 amide bonds. The second-order valence-corrected chi connectivity index (χ2v) is 6.10. The SMILES string of the molecule is O=C(CC1CCCc2ccccc21)N1CCC(O)CC1. The maximum Gasteiger partial charge on any atom is 0.223 e. The van der Waals surface area contributed by atoms with Gasteiger partial charge in [-0.15, -0.1) is 0 Å². The number of carbonyl (C=O) groups excluding carboxylic acids is 1. The van der Waals surface area contributed by atoms with Crippen LogP contribution in [0.1, 0.15) is 49.1 Å². The zero-order valence-electron chi connectivity index (χ0n) is 11.9. The first-order valence-electron chi connectivity index (χ1n) is 7.77. The molecule has 1 atom stereocenters. The number of aryl methyl sites for hydroxylation is 1. The minimum atomic E-state index is -0.213. The Morgan fingerprint density at radius 2 is 1.95 bits per heavy atom. The summed E-state index contributed by atoms with van der Waals surface area (Å²) in [6.07, 6.45) is 5.34. The summed E-state index contributed by atoms with van der Waals surface area (Å²) in [6, 6.07) is 8.56. The fourth-order valence-electron chi connectivity index (χ4n) is 3.52. The van der Waals surface area contributed by atoms with Crippen molar-refractivity contribution in [2.24, 2.45) is 0 Å². The lowest BCUT2D eigenvalue weighted by Gasteiger charge is -2.32. The average molecular weight is 273 g/mol. The molecule has 1 N–H and O–H groups in total. The van der Waals surface area contributed by atoms with Gasteiger partial charge in [0, 0.05) is 19.5 Å². The van der Waals surface area contributed by atoms with Crippen molar-refractivity contribution in [1.82, 2.24) is 4.90 Å². The first kappa shape index (κ1) is 13.6. The Kier molecular flexibility index (Phi) is 4.06. The molecule has 0 radical (unpaired) electrons. The Labute approximate surface area is 120 Å². The highest BCUT2D eigenvalue weighted by Gasteiger charge is 2.26. The minimum absolute atomic E-state index is 0.213. The van der Waals surface area contributed by atoms with Crippen molar-refractivity contribution >= 4 is 5.91 Å². The highest BCUT2D eigenvalue weighted by atomic mass is 16.3. The van der Waals surface area contributed by atoms with Crippen molar-refractivity contribution in [2.75, 3.05) is 13.1 Å². The Hall–Kier alpha value is -1.35. The molecule has 1 aliphatic heterocycles. The van der Waals surface area contributed by atoms with Crippen LogP contribution in [0.2, 0.25) is 0 Å². The molecule has 0 saturated carbocycles. The third kappa shape index (κ3) is 2.88. The predicted molar refractivity (Wildman–Crippen MR) is 78.6 cm³/mol. The number of piperidine rings is 1. The van der Waals surface area contributed by atoms with Crippen molar-refractivity contribution in [3.05, 3.63) is 35.4 Å². The lowest BCUT2D eigenvalue weighted by molar-refractivity contribution is -0.133. The molecule has 0 bridgehead atoms. The summed E-state index contributed by atoms with van der Waals surface area (Å²) in [6.45, 7) is 1.43. The summed E-state index contributed by atoms with van der Waals surface area (Å²) in [7, 11) is 0. The average Bonchev–Trinajstić information content (AvgIpc) is 2.48. The van der Waals surface area contributed by atoms with Gasteiger partial charge in [0.2, 0.25) is 5.91 Å². The molecule has 3 rings (SSSR count). The first-order valence-corrected chi connectivity index (χ1v) is 7.77. The molecule has 20 heavy (non-hydrogen) atoms. The van der Waals surface area contributed by atoms with Crippen LogP contribution < -0.4 is 0 Å². The smallest absolute Gasteiger partial charge is 0.223 e. The number of rotatable bonds is 2. The Morgan fingerprint density at radius 1 is 1.20 bits per heavy atom. The highest BCUT2D eigenvalue weighted by molar-refractivity contribution is 5.77. The van der Waals surface area contributed by atoms with Crippen molar-refractivity contribution < 1.29 is 9.90 Å². The molecule has 1 aromatic rings. The van der Waals surface area contributed by atoms with Gasteiger partial charge in [-0.25, -0.2) is 0 Å². The van der Waals surface area contributed by atoms with Gasteiger partial charge in [0.25, 0.3) is 0 Å². The first-order chi connectivity index (χ1) is 9.74. The molecular formula is C17H23NO2. The van der Waals surface area contributed by atoms with Crippen LogP contribution in [-0.4, -0.2) is 35.1 Å². The maximum absolute atomic E-state index is 12.4. The second kappa shape index (κ2) is 5.96. The van der Waals surface area contributed by atoms with E-state index in [-0.39, 0.29) is 12.0 Å². The number of hydrogen-bond acceptors (Lipinski definition) is 2. The topological polar surface area (TPSA) is 40.5 Å². The van der Waals surface area contributed by atoms with E-state index in [9.17, 15) is 9.90 Å². The fourth-order valence-corrected chi connectivity index (χ4v) is 3.52. The standard InChI is InChI=1S/C17H23NO2/c19-15-8-10-18(11-9-15)17(20)12-14-6-3-5-13-4-1-2-7-16(13)14/h1-2,4,7,14-15,19H,3,5-6,8-12H2. The lowest BCUT2D eigenvalue weighted by Crippen LogP contribution is -2.40. The zero-order valence-corrected chi connectivity index (χ0v) is 11.9. The molecule has 1 unspecified atom stereocenters. The summed E-state index contributed by atoms with van der Waals surface area (Å²) < 4.78 is 0. The van der Waals surface area contributed by atoms with Crippen LogP contribution in [0, 0.1) is 0 Å². The van der Waals surface area contributed by atoms with Crippen LogP contribution in [-0.2, 0) is 11.2 Å². The van der Waals surface area contributed by atoms with Gasteiger partial charge in [0.1, 0.15) is 0 Å². The molecule has 3 heteroatoms. The third-order valence-corrected chi connectivity index (χ3v) is 4.73. The van der Waals surface area contributed by atoms with Gasteiger partial charge in [-0.05, 0) is 49.1 Å². The van der Waals surface area contributed by atoms with E-state index in [0.717, 1.165) is 25.7 Å². The zero-order chi connectivity index (χ0) is 13.9. The molecule has 1 heterocycles. The summed E-state index contributed by atoms with van der Waals surface area (Å²) in [5.41, 5.74) is 2.80. The number of fused-ring (bicyclic) bond motifs is 1. The second-order valence-electron chi connectivity index (χ2n) is 6.10. The Bertz CT molecular complexity index is 478. The molecule has 1 aliphatic carbocycles. The highest BCUT2D eigenvalue weighted by Crippen LogP contribution is 2.34. The summed E-state index contributed by atoms with van der Waals surface area (Å²) in [4.78, 5) is 14.4. The van der Waals surface area contributed by atoms with E-state index in [1.807, 2.05) is 4.90 Å². The molecule has 1 fully saturated rings. The molecule has 0 aromatic heterocycles.